The van der Waals surface area contributed by atoms with Crippen molar-refractivity contribution in [3.63, 3.8) is 0 Å². The van der Waals surface area contributed by atoms with Gasteiger partial charge >= 0.3 is 0 Å². The van der Waals surface area contributed by atoms with E-state index in [4.69, 9.17) is 14.4 Å². The average molecular weight is 512 g/mol. The zero-order valence-corrected chi connectivity index (χ0v) is 21.3. The van der Waals surface area contributed by atoms with E-state index in [9.17, 15) is 0 Å². The van der Waals surface area contributed by atoms with Crippen LogP contribution in [0.3, 0.4) is 0 Å². The van der Waals surface area contributed by atoms with Gasteiger partial charge in [0.2, 0.25) is 0 Å². The van der Waals surface area contributed by atoms with Gasteiger partial charge in [-0.2, -0.15) is 0 Å². The summed E-state index contributed by atoms with van der Waals surface area (Å²) in [7, 11) is 0. The molecule has 0 radical (unpaired) electrons. The Balaban J connectivity index is 1.51. The Bertz CT molecular complexity index is 2020. The number of aromatic nitrogens is 3. The predicted molar refractivity (Wildman–Crippen MR) is 163 cm³/mol. The Kier molecular flexibility index (Phi) is 4.30. The zero-order chi connectivity index (χ0) is 26.2. The third-order valence-electron chi connectivity index (χ3n) is 7.99. The number of H-pyrrole nitrogens is 1. The topological polar surface area (TPSA) is 54.7 Å². The van der Waals surface area contributed by atoms with E-state index in [0.29, 0.717) is 0 Å². The van der Waals surface area contributed by atoms with E-state index in [-0.39, 0.29) is 0 Å². The van der Waals surface area contributed by atoms with E-state index in [0.717, 1.165) is 88.8 Å². The van der Waals surface area contributed by atoms with Crippen LogP contribution in [-0.4, -0.2) is 15.0 Å². The second-order valence-electron chi connectivity index (χ2n) is 10.3. The van der Waals surface area contributed by atoms with Crippen LogP contribution in [0.2, 0.25) is 0 Å². The fourth-order valence-corrected chi connectivity index (χ4v) is 6.14. The Morgan fingerprint density at radius 3 is 1.18 bits per heavy atom. The van der Waals surface area contributed by atoms with Crippen molar-refractivity contribution in [3.05, 3.63) is 121 Å². The first-order valence-electron chi connectivity index (χ1n) is 13.4. The molecule has 0 fully saturated rings. The van der Waals surface area contributed by atoms with E-state index in [2.05, 4.69) is 114 Å². The molecular formula is C36H21N3O. The molecule has 1 N–H and O–H groups in total. The quantitative estimate of drug-likeness (QED) is 0.220. The summed E-state index contributed by atoms with van der Waals surface area (Å²) < 4.78 is 6.57. The molecular weight excluding hydrogens is 490 g/mol. The first-order chi connectivity index (χ1) is 19.8. The molecule has 0 spiro atoms. The lowest BCUT2D eigenvalue weighted by Crippen LogP contribution is -1.75. The molecule has 0 saturated heterocycles. The highest BCUT2D eigenvalue weighted by Crippen LogP contribution is 2.40. The van der Waals surface area contributed by atoms with Gasteiger partial charge in [0.15, 0.2) is 0 Å². The highest BCUT2D eigenvalue weighted by atomic mass is 16.3. The molecule has 0 saturated carbocycles. The first kappa shape index (κ1) is 21.5. The molecule has 5 heterocycles. The lowest BCUT2D eigenvalue weighted by molar-refractivity contribution is 0.669. The molecule has 0 unspecified atom stereocenters. The standard InChI is InChI=1S/C36H21N3O/c1-2-10-22-21(9-1)29-17-31-23-11-3-5-13-25(23)33(38-31)19-35-27-15-7-8-16-28(27)36(40-35)20-34-26-14-6-4-12-24(26)32(39-34)18-30(22)37-29/h1-20,37H. The van der Waals surface area contributed by atoms with Gasteiger partial charge in [-0.05, 0) is 12.1 Å². The third kappa shape index (κ3) is 3.07. The number of fused-ring (bicyclic) bond motifs is 20. The van der Waals surface area contributed by atoms with Gasteiger partial charge in [-0.3, -0.25) is 0 Å². The molecule has 9 rings (SSSR count). The number of furan rings is 1. The van der Waals surface area contributed by atoms with Gasteiger partial charge in [0.1, 0.15) is 11.2 Å². The van der Waals surface area contributed by atoms with Crippen LogP contribution >= 0.6 is 0 Å². The third-order valence-corrected chi connectivity index (χ3v) is 7.99. The maximum absolute atomic E-state index is 6.57. The number of aromatic amines is 1. The van der Waals surface area contributed by atoms with Crippen LogP contribution in [0.5, 0.6) is 0 Å². The van der Waals surface area contributed by atoms with Crippen molar-refractivity contribution < 1.29 is 4.42 Å². The summed E-state index contributed by atoms with van der Waals surface area (Å²) in [6.07, 6.45) is 0. The van der Waals surface area contributed by atoms with Gasteiger partial charge in [-0.1, -0.05) is 97.1 Å². The minimum absolute atomic E-state index is 0.791. The molecule has 2 aliphatic rings. The van der Waals surface area contributed by atoms with Crippen molar-refractivity contribution >= 4 is 43.7 Å². The molecule has 4 aromatic carbocycles. The Morgan fingerprint density at radius 2 is 0.750 bits per heavy atom. The number of hydrogen-bond acceptors (Lipinski definition) is 3. The van der Waals surface area contributed by atoms with E-state index in [1.165, 1.54) is 0 Å². The van der Waals surface area contributed by atoms with Crippen molar-refractivity contribution in [2.45, 2.75) is 0 Å². The summed E-state index contributed by atoms with van der Waals surface area (Å²) >= 11 is 0. The maximum Gasteiger partial charge on any atom is 0.137 e. The van der Waals surface area contributed by atoms with Crippen molar-refractivity contribution in [2.75, 3.05) is 0 Å². The predicted octanol–water partition coefficient (Wildman–Crippen LogP) is 9.55. The van der Waals surface area contributed by atoms with Crippen LogP contribution in [0.4, 0.5) is 0 Å². The monoisotopic (exact) mass is 511 g/mol. The number of rotatable bonds is 0. The SMILES string of the molecule is c1ccc2c(c1)-c1cc3[nH]c(cc4nc(cc5oc(cc-2n1)c1ccccc51)-c1ccccc1-4)c1ccccc31. The van der Waals surface area contributed by atoms with Crippen LogP contribution in [0.15, 0.2) is 126 Å². The van der Waals surface area contributed by atoms with Crippen molar-refractivity contribution in [3.8, 4) is 45.0 Å². The molecule has 186 valence electrons. The van der Waals surface area contributed by atoms with E-state index in [1.807, 2.05) is 12.1 Å². The average Bonchev–Trinajstić information content (AvgIpc) is 3.73. The smallest absolute Gasteiger partial charge is 0.137 e. The normalized spacial score (nSPS) is 12.0. The lowest BCUT2D eigenvalue weighted by Gasteiger charge is -1.97. The van der Waals surface area contributed by atoms with Gasteiger partial charge in [0.05, 0.1) is 22.8 Å². The number of nitrogens with zero attached hydrogens (tertiary/aromatic N) is 2. The summed E-state index contributed by atoms with van der Waals surface area (Å²) in [5.41, 5.74) is 11.7. The number of nitrogens with one attached hydrogen (secondary N) is 1. The van der Waals surface area contributed by atoms with Crippen molar-refractivity contribution in [1.29, 1.82) is 0 Å². The van der Waals surface area contributed by atoms with Gasteiger partial charge in [-0.25, -0.2) is 9.97 Å². The van der Waals surface area contributed by atoms with Gasteiger partial charge < -0.3 is 9.40 Å². The molecule has 4 nitrogen and oxygen atoms in total. The van der Waals surface area contributed by atoms with Crippen LogP contribution in [0.25, 0.3) is 88.8 Å². The number of benzene rings is 4. The van der Waals surface area contributed by atoms with Gasteiger partial charge in [0, 0.05) is 67.0 Å². The Labute approximate surface area is 229 Å². The molecule has 4 heteroatoms. The van der Waals surface area contributed by atoms with Gasteiger partial charge in [0.25, 0.3) is 0 Å². The maximum atomic E-state index is 6.57. The van der Waals surface area contributed by atoms with E-state index in [1.54, 1.807) is 0 Å². The summed E-state index contributed by atoms with van der Waals surface area (Å²) in [6.45, 7) is 0. The molecule has 3 aromatic heterocycles. The fourth-order valence-electron chi connectivity index (χ4n) is 6.14. The lowest BCUT2D eigenvalue weighted by atomic mass is 10.0. The van der Waals surface area contributed by atoms with Crippen LogP contribution in [0, 0.1) is 0 Å². The van der Waals surface area contributed by atoms with Gasteiger partial charge in [-0.15, -0.1) is 0 Å². The molecule has 40 heavy (non-hydrogen) atoms. The largest absolute Gasteiger partial charge is 0.456 e. The summed E-state index contributed by atoms with van der Waals surface area (Å²) in [5, 5.41) is 4.41. The minimum Gasteiger partial charge on any atom is -0.456 e. The second kappa shape index (κ2) is 8.01. The minimum atomic E-state index is 0.791. The fraction of sp³-hybridized carbons (Fsp3) is 0. The molecule has 2 aliphatic heterocycles. The van der Waals surface area contributed by atoms with Crippen LogP contribution in [0.1, 0.15) is 0 Å². The Morgan fingerprint density at radius 1 is 0.400 bits per heavy atom. The summed E-state index contributed by atoms with van der Waals surface area (Å²) in [4.78, 5) is 14.0. The summed E-state index contributed by atoms with van der Waals surface area (Å²) in [5.74, 6) is 0. The van der Waals surface area contributed by atoms with Crippen LogP contribution < -0.4 is 0 Å². The molecule has 0 amide bonds. The van der Waals surface area contributed by atoms with E-state index < -0.39 is 0 Å². The highest BCUT2D eigenvalue weighted by molar-refractivity contribution is 6.09. The molecule has 8 bridgehead atoms. The summed E-state index contributed by atoms with van der Waals surface area (Å²) in [6, 6.07) is 42.1. The van der Waals surface area contributed by atoms with Crippen molar-refractivity contribution in [1.82, 2.24) is 15.0 Å². The second-order valence-corrected chi connectivity index (χ2v) is 10.3. The van der Waals surface area contributed by atoms with Crippen molar-refractivity contribution in [2.24, 2.45) is 0 Å². The molecule has 0 atom stereocenters. The van der Waals surface area contributed by atoms with Crippen LogP contribution in [-0.2, 0) is 0 Å². The number of hydrogen-bond donors (Lipinski definition) is 1. The Hall–Kier alpha value is -5.48. The molecule has 7 aromatic rings. The molecule has 0 aliphatic carbocycles. The highest BCUT2D eigenvalue weighted by Gasteiger charge is 2.19. The first-order valence-corrected chi connectivity index (χ1v) is 13.4. The van der Waals surface area contributed by atoms with E-state index >= 15 is 0 Å². The zero-order valence-electron chi connectivity index (χ0n) is 21.3.